The molecule has 4 rings (SSSR count). The summed E-state index contributed by atoms with van der Waals surface area (Å²) in [5, 5.41) is 9.95. The maximum atomic E-state index is 13.9. The Morgan fingerprint density at radius 1 is 0.946 bits per heavy atom. The molecule has 9 heteroatoms. The zero-order valence-electron chi connectivity index (χ0n) is 21.5. The van der Waals surface area contributed by atoms with Gasteiger partial charge in [-0.05, 0) is 48.7 Å². The van der Waals surface area contributed by atoms with Crippen LogP contribution in [0.25, 0.3) is 0 Å². The zero-order chi connectivity index (χ0) is 26.7. The molecule has 37 heavy (non-hydrogen) atoms. The van der Waals surface area contributed by atoms with E-state index in [2.05, 4.69) is 6.07 Å². The van der Waals surface area contributed by atoms with E-state index >= 15 is 0 Å². The van der Waals surface area contributed by atoms with Crippen LogP contribution < -0.4 is 35.0 Å². The van der Waals surface area contributed by atoms with Crippen LogP contribution in [0, 0.1) is 18.3 Å². The van der Waals surface area contributed by atoms with Crippen LogP contribution in [0.3, 0.4) is 0 Å². The number of allylic oxidation sites excluding steroid dienone is 1. The standard InChI is InChI=1S/C28H29N3O6/c1-16-12-24-26(28(32)31(16)11-10-17-6-8-20(33-2)22(13-17)35-4)25(19(15-29)27(30)37-24)18-7-9-21(34-3)23(14-18)36-5/h6-9,12-14,25H,10-11,30H2,1-5H3/t25-/m1/s1. The van der Waals surface area contributed by atoms with Gasteiger partial charge in [-0.15, -0.1) is 0 Å². The highest BCUT2D eigenvalue weighted by molar-refractivity contribution is 5.57. The average Bonchev–Trinajstić information content (AvgIpc) is 2.91. The maximum Gasteiger partial charge on any atom is 0.258 e. The van der Waals surface area contributed by atoms with Crippen LogP contribution in [0.15, 0.2) is 58.7 Å². The first-order chi connectivity index (χ1) is 17.9. The first-order valence-electron chi connectivity index (χ1n) is 11.6. The minimum Gasteiger partial charge on any atom is -0.493 e. The predicted molar refractivity (Wildman–Crippen MR) is 138 cm³/mol. The van der Waals surface area contributed by atoms with Crippen LogP contribution in [0.2, 0.25) is 0 Å². The number of pyridine rings is 1. The van der Waals surface area contributed by atoms with E-state index in [9.17, 15) is 10.1 Å². The molecule has 3 aromatic rings. The third-order valence-corrected chi connectivity index (χ3v) is 6.50. The van der Waals surface area contributed by atoms with Crippen molar-refractivity contribution < 1.29 is 23.7 Å². The van der Waals surface area contributed by atoms with Gasteiger partial charge in [0.1, 0.15) is 17.4 Å². The third-order valence-electron chi connectivity index (χ3n) is 6.50. The molecular formula is C28H29N3O6. The van der Waals surface area contributed by atoms with E-state index in [0.29, 0.717) is 58.5 Å². The van der Waals surface area contributed by atoms with Gasteiger partial charge in [-0.3, -0.25) is 4.79 Å². The predicted octanol–water partition coefficient (Wildman–Crippen LogP) is 3.65. The number of fused-ring (bicyclic) bond motifs is 1. The molecule has 1 atom stereocenters. The van der Waals surface area contributed by atoms with E-state index in [-0.39, 0.29) is 17.0 Å². The number of methoxy groups -OCH3 is 4. The zero-order valence-corrected chi connectivity index (χ0v) is 21.5. The summed E-state index contributed by atoms with van der Waals surface area (Å²) >= 11 is 0. The molecule has 192 valence electrons. The van der Waals surface area contributed by atoms with Gasteiger partial charge in [-0.2, -0.15) is 5.26 Å². The quantitative estimate of drug-likeness (QED) is 0.495. The van der Waals surface area contributed by atoms with Gasteiger partial charge in [-0.25, -0.2) is 0 Å². The summed E-state index contributed by atoms with van der Waals surface area (Å²) < 4.78 is 29.0. The number of benzene rings is 2. The molecule has 2 aromatic carbocycles. The fraction of sp³-hybridized carbons (Fsp3) is 0.286. The van der Waals surface area contributed by atoms with E-state index in [1.165, 1.54) is 7.11 Å². The lowest BCUT2D eigenvalue weighted by atomic mass is 9.84. The minimum absolute atomic E-state index is 0.0309. The van der Waals surface area contributed by atoms with Crippen molar-refractivity contribution in [1.82, 2.24) is 4.57 Å². The van der Waals surface area contributed by atoms with Crippen molar-refractivity contribution in [1.29, 1.82) is 5.26 Å². The molecule has 2 heterocycles. The lowest BCUT2D eigenvalue weighted by Gasteiger charge is -2.27. The first-order valence-corrected chi connectivity index (χ1v) is 11.6. The Kier molecular flexibility index (Phi) is 7.30. The van der Waals surface area contributed by atoms with Crippen molar-refractivity contribution in [2.75, 3.05) is 28.4 Å². The SMILES string of the molecule is COc1ccc(CCn2c(C)cc3c(c2=O)[C@H](c2ccc(OC)c(OC)c2)C(C#N)=C(N)O3)cc1OC. The number of nitrogens with two attached hydrogens (primary N) is 1. The van der Waals surface area contributed by atoms with Crippen molar-refractivity contribution >= 4 is 0 Å². The lowest BCUT2D eigenvalue weighted by Crippen LogP contribution is -2.33. The molecule has 0 radical (unpaired) electrons. The molecule has 0 saturated carbocycles. The van der Waals surface area contributed by atoms with Crippen LogP contribution in [-0.2, 0) is 13.0 Å². The van der Waals surface area contributed by atoms with Crippen molar-refractivity contribution in [3.63, 3.8) is 0 Å². The highest BCUT2D eigenvalue weighted by atomic mass is 16.5. The lowest BCUT2D eigenvalue weighted by molar-refractivity contribution is 0.354. The number of nitriles is 1. The Morgan fingerprint density at radius 3 is 2.19 bits per heavy atom. The fourth-order valence-electron chi connectivity index (χ4n) is 4.61. The molecular weight excluding hydrogens is 474 g/mol. The van der Waals surface area contributed by atoms with Gasteiger partial charge in [0, 0.05) is 18.3 Å². The fourth-order valence-corrected chi connectivity index (χ4v) is 4.61. The number of nitrogens with zero attached hydrogens (tertiary/aromatic N) is 2. The van der Waals surface area contributed by atoms with Crippen LogP contribution in [-0.4, -0.2) is 33.0 Å². The second-order valence-electron chi connectivity index (χ2n) is 8.50. The van der Waals surface area contributed by atoms with Crippen LogP contribution in [0.5, 0.6) is 28.7 Å². The molecule has 1 aromatic heterocycles. The molecule has 0 bridgehead atoms. The van der Waals surface area contributed by atoms with Gasteiger partial charge in [0.05, 0.1) is 39.9 Å². The van der Waals surface area contributed by atoms with Crippen molar-refractivity contribution in [3.05, 3.63) is 86.7 Å². The summed E-state index contributed by atoms with van der Waals surface area (Å²) in [5.74, 6) is 1.84. The molecule has 0 fully saturated rings. The van der Waals surface area contributed by atoms with E-state index < -0.39 is 5.92 Å². The number of aryl methyl sites for hydroxylation is 2. The molecule has 0 spiro atoms. The number of hydrogen-bond donors (Lipinski definition) is 1. The highest BCUT2D eigenvalue weighted by Crippen LogP contribution is 2.42. The Bertz CT molecular complexity index is 1470. The normalized spacial score (nSPS) is 14.3. The third kappa shape index (κ3) is 4.66. The Hall–Kier alpha value is -4.58. The van der Waals surface area contributed by atoms with Crippen LogP contribution in [0.4, 0.5) is 0 Å². The Morgan fingerprint density at radius 2 is 1.57 bits per heavy atom. The van der Waals surface area contributed by atoms with Gasteiger partial charge >= 0.3 is 0 Å². The van der Waals surface area contributed by atoms with E-state index in [1.807, 2.05) is 25.1 Å². The van der Waals surface area contributed by atoms with Crippen LogP contribution in [0.1, 0.15) is 28.3 Å². The topological polar surface area (TPSA) is 118 Å². The summed E-state index contributed by atoms with van der Waals surface area (Å²) in [4.78, 5) is 13.9. The first kappa shape index (κ1) is 25.5. The van der Waals surface area contributed by atoms with Crippen molar-refractivity contribution in [2.24, 2.45) is 5.73 Å². The molecule has 9 nitrogen and oxygen atoms in total. The van der Waals surface area contributed by atoms with E-state index in [4.69, 9.17) is 29.4 Å². The summed E-state index contributed by atoms with van der Waals surface area (Å²) in [7, 11) is 6.24. The Labute approximate surface area is 215 Å². The molecule has 1 aliphatic heterocycles. The monoisotopic (exact) mass is 503 g/mol. The van der Waals surface area contributed by atoms with Gasteiger partial charge in [0.15, 0.2) is 23.0 Å². The van der Waals surface area contributed by atoms with Gasteiger partial charge in [0.2, 0.25) is 5.88 Å². The molecule has 0 saturated heterocycles. The highest BCUT2D eigenvalue weighted by Gasteiger charge is 2.34. The molecule has 2 N–H and O–H groups in total. The van der Waals surface area contributed by atoms with E-state index in [1.54, 1.807) is 50.2 Å². The van der Waals surface area contributed by atoms with E-state index in [0.717, 1.165) is 5.56 Å². The molecule has 0 unspecified atom stereocenters. The molecule has 1 aliphatic rings. The van der Waals surface area contributed by atoms with Gasteiger partial charge in [0.25, 0.3) is 5.56 Å². The maximum absolute atomic E-state index is 13.9. The summed E-state index contributed by atoms with van der Waals surface area (Å²) in [6.45, 7) is 2.25. The summed E-state index contributed by atoms with van der Waals surface area (Å²) in [5.41, 5.74) is 8.73. The van der Waals surface area contributed by atoms with Crippen molar-refractivity contribution in [3.8, 4) is 34.8 Å². The number of rotatable bonds is 8. The Balaban J connectivity index is 1.79. The van der Waals surface area contributed by atoms with Crippen molar-refractivity contribution in [2.45, 2.75) is 25.8 Å². The summed E-state index contributed by atoms with van der Waals surface area (Å²) in [6, 6.07) is 14.9. The minimum atomic E-state index is -0.728. The largest absolute Gasteiger partial charge is 0.493 e. The second-order valence-corrected chi connectivity index (χ2v) is 8.50. The number of ether oxygens (including phenoxy) is 5. The number of hydrogen-bond acceptors (Lipinski definition) is 8. The van der Waals surface area contributed by atoms with Gasteiger partial charge < -0.3 is 34.0 Å². The average molecular weight is 504 g/mol. The second kappa shape index (κ2) is 10.6. The van der Waals surface area contributed by atoms with Gasteiger partial charge in [-0.1, -0.05) is 12.1 Å². The molecule has 0 aliphatic carbocycles. The number of aromatic nitrogens is 1. The molecule has 0 amide bonds. The smallest absolute Gasteiger partial charge is 0.258 e. The summed E-state index contributed by atoms with van der Waals surface area (Å²) in [6.07, 6.45) is 0.574. The van der Waals surface area contributed by atoms with Crippen LogP contribution >= 0.6 is 0 Å².